The van der Waals surface area contributed by atoms with Crippen molar-refractivity contribution in [3.63, 3.8) is 0 Å². The molecule has 0 spiro atoms. The molecule has 0 aliphatic carbocycles. The van der Waals surface area contributed by atoms with Gasteiger partial charge in [0.25, 0.3) is 0 Å². The van der Waals surface area contributed by atoms with Crippen LogP contribution in [-0.4, -0.2) is 26.3 Å². The van der Waals surface area contributed by atoms with Crippen LogP contribution < -0.4 is 5.73 Å². The molecule has 0 aromatic heterocycles. The molecule has 4 nitrogen and oxygen atoms in total. The van der Waals surface area contributed by atoms with Gasteiger partial charge in [0.1, 0.15) is 0 Å². The number of nitrogens with one attached hydrogen (secondary N) is 1. The van der Waals surface area contributed by atoms with Gasteiger partial charge in [0.15, 0.2) is 9.84 Å². The molecule has 0 aliphatic heterocycles. The fraction of sp³-hybridized carbons (Fsp3) is 0.500. The molecule has 0 atom stereocenters. The molecule has 6 heteroatoms. The third kappa shape index (κ3) is 5.17. The van der Waals surface area contributed by atoms with Crippen LogP contribution in [0.4, 0.5) is 0 Å². The van der Waals surface area contributed by atoms with Gasteiger partial charge in [-0.3, -0.25) is 5.41 Å². The first kappa shape index (κ1) is 17.0. The first-order chi connectivity index (χ1) is 9.13. The van der Waals surface area contributed by atoms with Crippen LogP contribution in [0.25, 0.3) is 0 Å². The number of hydrogen-bond donors (Lipinski definition) is 2. The molecule has 0 unspecified atom stereocenters. The first-order valence-corrected chi connectivity index (χ1v) is 9.28. The summed E-state index contributed by atoms with van der Waals surface area (Å²) in [4.78, 5) is 1.40. The zero-order valence-electron chi connectivity index (χ0n) is 12.1. The molecule has 0 amide bonds. The van der Waals surface area contributed by atoms with E-state index in [1.807, 2.05) is 26.0 Å². The second-order valence-electron chi connectivity index (χ2n) is 5.49. The third-order valence-corrected chi connectivity index (χ3v) is 5.42. The number of nitrogens with two attached hydrogens (primary N) is 1. The first-order valence-electron chi connectivity index (χ1n) is 6.40. The van der Waals surface area contributed by atoms with Crippen molar-refractivity contribution in [3.05, 3.63) is 24.3 Å². The van der Waals surface area contributed by atoms with Crippen LogP contribution in [0, 0.1) is 10.8 Å². The van der Waals surface area contributed by atoms with Gasteiger partial charge in [-0.15, -0.1) is 11.8 Å². The van der Waals surface area contributed by atoms with Crippen LogP contribution in [-0.2, 0) is 9.84 Å². The van der Waals surface area contributed by atoms with Crippen molar-refractivity contribution in [2.75, 3.05) is 12.0 Å². The van der Waals surface area contributed by atoms with E-state index in [1.54, 1.807) is 23.9 Å². The quantitative estimate of drug-likeness (QED) is 0.351. The Bertz CT molecular complexity index is 563. The van der Waals surface area contributed by atoms with E-state index in [1.165, 1.54) is 6.26 Å². The van der Waals surface area contributed by atoms with Gasteiger partial charge in [0.2, 0.25) is 0 Å². The van der Waals surface area contributed by atoms with Crippen LogP contribution >= 0.6 is 11.8 Å². The Hall–Kier alpha value is -1.01. The zero-order valence-corrected chi connectivity index (χ0v) is 13.8. The lowest BCUT2D eigenvalue weighted by Gasteiger charge is -2.22. The highest BCUT2D eigenvalue weighted by molar-refractivity contribution is 7.99. The van der Waals surface area contributed by atoms with Gasteiger partial charge < -0.3 is 5.73 Å². The minimum absolute atomic E-state index is 0.222. The number of benzene rings is 1. The molecule has 0 fully saturated rings. The van der Waals surface area contributed by atoms with Gasteiger partial charge in [-0.2, -0.15) is 0 Å². The van der Waals surface area contributed by atoms with E-state index in [0.717, 1.165) is 23.5 Å². The Morgan fingerprint density at radius 1 is 1.30 bits per heavy atom. The second kappa shape index (κ2) is 6.63. The maximum atomic E-state index is 11.3. The highest BCUT2D eigenvalue weighted by Crippen LogP contribution is 2.26. The Balaban J connectivity index is 2.46. The van der Waals surface area contributed by atoms with Crippen molar-refractivity contribution in [1.82, 2.24) is 0 Å². The molecule has 1 rings (SSSR count). The minimum Gasteiger partial charge on any atom is -0.387 e. The van der Waals surface area contributed by atoms with E-state index in [0.29, 0.717) is 4.90 Å². The summed E-state index contributed by atoms with van der Waals surface area (Å²) in [6, 6.07) is 6.93. The van der Waals surface area contributed by atoms with Crippen molar-refractivity contribution in [1.29, 1.82) is 5.41 Å². The normalized spacial score (nSPS) is 12.3. The summed E-state index contributed by atoms with van der Waals surface area (Å²) in [6.45, 7) is 3.95. The molecule has 3 N–H and O–H groups in total. The lowest BCUT2D eigenvalue weighted by Crippen LogP contribution is -2.30. The van der Waals surface area contributed by atoms with E-state index in [4.69, 9.17) is 11.1 Å². The maximum absolute atomic E-state index is 11.3. The highest BCUT2D eigenvalue weighted by atomic mass is 32.2. The standard InChI is InChI=1S/C14H22N2O2S2/c1-14(2,13(15)16)9-4-10-19-11-5-7-12(8-6-11)20(3,17)18/h5-8H,4,9-10H2,1-3H3,(H3,15,16). The van der Waals surface area contributed by atoms with E-state index in [9.17, 15) is 8.42 Å². The van der Waals surface area contributed by atoms with E-state index >= 15 is 0 Å². The zero-order chi connectivity index (χ0) is 15.4. The van der Waals surface area contributed by atoms with Crippen molar-refractivity contribution in [2.45, 2.75) is 36.5 Å². The predicted molar refractivity (Wildman–Crippen MR) is 85.2 cm³/mol. The number of sulfone groups is 1. The molecule has 0 heterocycles. The summed E-state index contributed by atoms with van der Waals surface area (Å²) in [5.74, 6) is 1.15. The van der Waals surface area contributed by atoms with Gasteiger partial charge >= 0.3 is 0 Å². The smallest absolute Gasteiger partial charge is 0.175 e. The van der Waals surface area contributed by atoms with Crippen LogP contribution in [0.15, 0.2) is 34.1 Å². The summed E-state index contributed by atoms with van der Waals surface area (Å²) in [7, 11) is -3.12. The Morgan fingerprint density at radius 3 is 2.30 bits per heavy atom. The highest BCUT2D eigenvalue weighted by Gasteiger charge is 2.20. The van der Waals surface area contributed by atoms with Crippen LogP contribution in [0.3, 0.4) is 0 Å². The molecule has 112 valence electrons. The molecule has 1 aromatic rings. The summed E-state index contributed by atoms with van der Waals surface area (Å²) >= 11 is 1.69. The Kier molecular flexibility index (Phi) is 5.65. The van der Waals surface area contributed by atoms with Crippen LogP contribution in [0.1, 0.15) is 26.7 Å². The van der Waals surface area contributed by atoms with Crippen LogP contribution in [0.5, 0.6) is 0 Å². The summed E-state index contributed by atoms with van der Waals surface area (Å²) in [6.07, 6.45) is 3.04. The second-order valence-corrected chi connectivity index (χ2v) is 8.68. The molecular weight excluding hydrogens is 292 g/mol. The van der Waals surface area contributed by atoms with E-state index in [2.05, 4.69) is 0 Å². The molecule has 0 aliphatic rings. The monoisotopic (exact) mass is 314 g/mol. The fourth-order valence-electron chi connectivity index (χ4n) is 1.62. The average Bonchev–Trinajstić information content (AvgIpc) is 2.34. The number of amidine groups is 1. The molecular formula is C14H22N2O2S2. The van der Waals surface area contributed by atoms with E-state index < -0.39 is 9.84 Å². The third-order valence-electron chi connectivity index (χ3n) is 3.20. The molecule has 0 radical (unpaired) electrons. The van der Waals surface area contributed by atoms with Gasteiger partial charge in [-0.1, -0.05) is 13.8 Å². The summed E-state index contributed by atoms with van der Waals surface area (Å²) in [5.41, 5.74) is 5.29. The summed E-state index contributed by atoms with van der Waals surface area (Å²) < 4.78 is 22.7. The van der Waals surface area contributed by atoms with Crippen molar-refractivity contribution >= 4 is 27.4 Å². The van der Waals surface area contributed by atoms with Gasteiger partial charge in [0, 0.05) is 16.6 Å². The number of hydrogen-bond acceptors (Lipinski definition) is 4. The largest absolute Gasteiger partial charge is 0.387 e. The fourth-order valence-corrected chi connectivity index (χ4v) is 3.11. The van der Waals surface area contributed by atoms with Crippen molar-refractivity contribution in [2.24, 2.45) is 11.1 Å². The molecule has 20 heavy (non-hydrogen) atoms. The SMILES string of the molecule is CC(C)(CCCSc1ccc(S(C)(=O)=O)cc1)C(=N)N. The number of rotatable bonds is 7. The van der Waals surface area contributed by atoms with E-state index in [-0.39, 0.29) is 11.3 Å². The van der Waals surface area contributed by atoms with Gasteiger partial charge in [-0.05, 0) is 42.9 Å². The molecule has 1 aromatic carbocycles. The van der Waals surface area contributed by atoms with Gasteiger partial charge in [-0.25, -0.2) is 8.42 Å². The summed E-state index contributed by atoms with van der Waals surface area (Å²) in [5, 5.41) is 7.49. The lowest BCUT2D eigenvalue weighted by atomic mass is 9.87. The molecule has 0 saturated heterocycles. The topological polar surface area (TPSA) is 84.0 Å². The Labute approximate surface area is 125 Å². The van der Waals surface area contributed by atoms with Crippen molar-refractivity contribution in [3.8, 4) is 0 Å². The maximum Gasteiger partial charge on any atom is 0.175 e. The molecule has 0 saturated carbocycles. The lowest BCUT2D eigenvalue weighted by molar-refractivity contribution is 0.464. The van der Waals surface area contributed by atoms with Crippen molar-refractivity contribution < 1.29 is 8.42 Å². The number of thioether (sulfide) groups is 1. The van der Waals surface area contributed by atoms with Gasteiger partial charge in [0.05, 0.1) is 10.7 Å². The van der Waals surface area contributed by atoms with Crippen LogP contribution in [0.2, 0.25) is 0 Å². The minimum atomic E-state index is -3.12. The predicted octanol–water partition coefficient (Wildman–Crippen LogP) is 2.92. The Morgan fingerprint density at radius 2 is 1.85 bits per heavy atom. The molecule has 0 bridgehead atoms. The average molecular weight is 314 g/mol.